The SMILES string of the molecule is CC(C)N1C(=O)NC2(CCN(C(=O)c3ccnc(Cl)c3)CC2)C1=O. The molecule has 2 aliphatic heterocycles. The van der Waals surface area contributed by atoms with Crippen molar-refractivity contribution < 1.29 is 14.4 Å². The van der Waals surface area contributed by atoms with Crippen molar-refractivity contribution in [2.24, 2.45) is 0 Å². The highest BCUT2D eigenvalue weighted by molar-refractivity contribution is 6.29. The summed E-state index contributed by atoms with van der Waals surface area (Å²) in [6.45, 7) is 4.41. The summed E-state index contributed by atoms with van der Waals surface area (Å²) in [4.78, 5) is 44.0. The number of carbonyl (C=O) groups is 3. The van der Waals surface area contributed by atoms with Gasteiger partial charge in [-0.3, -0.25) is 14.5 Å². The Hall–Kier alpha value is -2.15. The first-order chi connectivity index (χ1) is 11.3. The second kappa shape index (κ2) is 6.05. The van der Waals surface area contributed by atoms with Crippen molar-refractivity contribution in [3.63, 3.8) is 0 Å². The molecule has 1 spiro atoms. The minimum atomic E-state index is -0.881. The zero-order chi connectivity index (χ0) is 17.5. The summed E-state index contributed by atoms with van der Waals surface area (Å²) in [7, 11) is 0. The van der Waals surface area contributed by atoms with E-state index in [1.807, 2.05) is 13.8 Å². The lowest BCUT2D eigenvalue weighted by Gasteiger charge is -2.37. The van der Waals surface area contributed by atoms with Gasteiger partial charge < -0.3 is 10.2 Å². The number of nitrogens with zero attached hydrogens (tertiary/aromatic N) is 3. The first-order valence-corrected chi connectivity index (χ1v) is 8.28. The van der Waals surface area contributed by atoms with Crippen LogP contribution in [0.25, 0.3) is 0 Å². The van der Waals surface area contributed by atoms with Crippen molar-refractivity contribution in [2.75, 3.05) is 13.1 Å². The monoisotopic (exact) mass is 350 g/mol. The maximum atomic E-state index is 12.6. The van der Waals surface area contributed by atoms with Gasteiger partial charge in [0.05, 0.1) is 0 Å². The summed E-state index contributed by atoms with van der Waals surface area (Å²) in [6, 6.07) is 2.60. The number of amides is 4. The predicted molar refractivity (Wildman–Crippen MR) is 87.6 cm³/mol. The predicted octanol–water partition coefficient (Wildman–Crippen LogP) is 1.67. The van der Waals surface area contributed by atoms with Gasteiger partial charge in [-0.15, -0.1) is 0 Å². The van der Waals surface area contributed by atoms with E-state index in [0.29, 0.717) is 31.5 Å². The maximum absolute atomic E-state index is 12.6. The number of nitrogens with one attached hydrogen (secondary N) is 1. The Morgan fingerprint density at radius 2 is 2.00 bits per heavy atom. The first-order valence-electron chi connectivity index (χ1n) is 7.91. The van der Waals surface area contributed by atoms with Crippen LogP contribution in [0, 0.1) is 0 Å². The smallest absolute Gasteiger partial charge is 0.325 e. The third-order valence-corrected chi connectivity index (χ3v) is 4.79. The van der Waals surface area contributed by atoms with Crippen molar-refractivity contribution in [3.05, 3.63) is 29.0 Å². The molecule has 2 aliphatic rings. The molecule has 0 unspecified atom stereocenters. The van der Waals surface area contributed by atoms with E-state index in [1.54, 1.807) is 11.0 Å². The quantitative estimate of drug-likeness (QED) is 0.649. The number of aromatic nitrogens is 1. The molecular weight excluding hydrogens is 332 g/mol. The Kier molecular flexibility index (Phi) is 4.21. The van der Waals surface area contributed by atoms with Gasteiger partial charge in [-0.05, 0) is 38.8 Å². The van der Waals surface area contributed by atoms with Crippen LogP contribution in [0.1, 0.15) is 37.0 Å². The molecule has 0 bridgehead atoms. The molecule has 128 valence electrons. The lowest BCUT2D eigenvalue weighted by Crippen LogP contribution is -2.56. The highest BCUT2D eigenvalue weighted by Gasteiger charge is 2.53. The largest absolute Gasteiger partial charge is 0.338 e. The molecule has 0 aliphatic carbocycles. The third kappa shape index (κ3) is 2.73. The van der Waals surface area contributed by atoms with Gasteiger partial charge in [-0.1, -0.05) is 11.6 Å². The zero-order valence-corrected chi connectivity index (χ0v) is 14.3. The van der Waals surface area contributed by atoms with Crippen LogP contribution >= 0.6 is 11.6 Å². The standard InChI is InChI=1S/C16H19ClN4O3/c1-10(2)21-14(23)16(19-15(21)24)4-7-20(8-5-16)13(22)11-3-6-18-12(17)9-11/h3,6,9-10H,4-5,7-8H2,1-2H3,(H,19,24). The number of pyridine rings is 1. The van der Waals surface area contributed by atoms with Crippen LogP contribution < -0.4 is 5.32 Å². The minimum Gasteiger partial charge on any atom is -0.338 e. The van der Waals surface area contributed by atoms with Crippen LogP contribution in [0.2, 0.25) is 5.15 Å². The van der Waals surface area contributed by atoms with E-state index in [-0.39, 0.29) is 29.0 Å². The number of hydrogen-bond acceptors (Lipinski definition) is 4. The number of imide groups is 1. The molecule has 1 N–H and O–H groups in total. The fourth-order valence-electron chi connectivity index (χ4n) is 3.26. The van der Waals surface area contributed by atoms with Crippen LogP contribution in [0.5, 0.6) is 0 Å². The van der Waals surface area contributed by atoms with E-state index in [4.69, 9.17) is 11.6 Å². The molecule has 0 radical (unpaired) electrons. The van der Waals surface area contributed by atoms with Crippen molar-refractivity contribution in [1.29, 1.82) is 0 Å². The summed E-state index contributed by atoms with van der Waals surface area (Å²) < 4.78 is 0. The summed E-state index contributed by atoms with van der Waals surface area (Å²) >= 11 is 5.83. The molecule has 24 heavy (non-hydrogen) atoms. The van der Waals surface area contributed by atoms with Gasteiger partial charge in [0, 0.05) is 30.9 Å². The highest BCUT2D eigenvalue weighted by atomic mass is 35.5. The summed E-state index contributed by atoms with van der Waals surface area (Å²) in [5.74, 6) is -0.340. The summed E-state index contributed by atoms with van der Waals surface area (Å²) in [5.41, 5.74) is -0.412. The molecule has 7 nitrogen and oxygen atoms in total. The molecule has 2 fully saturated rings. The van der Waals surface area contributed by atoms with Crippen LogP contribution in [0.15, 0.2) is 18.3 Å². The number of carbonyl (C=O) groups excluding carboxylic acids is 3. The van der Waals surface area contributed by atoms with Gasteiger partial charge in [0.25, 0.3) is 11.8 Å². The second-order valence-electron chi connectivity index (χ2n) is 6.44. The molecule has 1 aromatic heterocycles. The van der Waals surface area contributed by atoms with Gasteiger partial charge in [-0.2, -0.15) is 0 Å². The molecule has 8 heteroatoms. The van der Waals surface area contributed by atoms with E-state index in [2.05, 4.69) is 10.3 Å². The van der Waals surface area contributed by atoms with E-state index in [0.717, 1.165) is 0 Å². The number of rotatable bonds is 2. The summed E-state index contributed by atoms with van der Waals surface area (Å²) in [5, 5.41) is 3.09. The molecule has 3 rings (SSSR count). The zero-order valence-electron chi connectivity index (χ0n) is 13.6. The average Bonchev–Trinajstić information content (AvgIpc) is 2.78. The van der Waals surface area contributed by atoms with Crippen molar-refractivity contribution >= 4 is 29.4 Å². The molecule has 0 saturated carbocycles. The van der Waals surface area contributed by atoms with Gasteiger partial charge in [0.15, 0.2) is 0 Å². The fourth-order valence-corrected chi connectivity index (χ4v) is 3.43. The van der Waals surface area contributed by atoms with Crippen LogP contribution in [-0.4, -0.2) is 57.3 Å². The minimum absolute atomic E-state index is 0.147. The van der Waals surface area contributed by atoms with Crippen LogP contribution in [-0.2, 0) is 4.79 Å². The molecular formula is C16H19ClN4O3. The van der Waals surface area contributed by atoms with Gasteiger partial charge in [0.2, 0.25) is 0 Å². The Bertz CT molecular complexity index is 698. The Balaban J connectivity index is 1.71. The van der Waals surface area contributed by atoms with Crippen molar-refractivity contribution in [2.45, 2.75) is 38.3 Å². The number of likely N-dealkylation sites (tertiary alicyclic amines) is 1. The molecule has 1 aromatic rings. The van der Waals surface area contributed by atoms with Crippen LogP contribution in [0.3, 0.4) is 0 Å². The number of piperidine rings is 1. The molecule has 0 atom stereocenters. The average molecular weight is 351 g/mol. The maximum Gasteiger partial charge on any atom is 0.325 e. The van der Waals surface area contributed by atoms with Crippen molar-refractivity contribution in [3.8, 4) is 0 Å². The number of hydrogen-bond donors (Lipinski definition) is 1. The van der Waals surface area contributed by atoms with Gasteiger partial charge in [-0.25, -0.2) is 9.78 Å². The lowest BCUT2D eigenvalue weighted by atomic mass is 9.87. The van der Waals surface area contributed by atoms with E-state index in [9.17, 15) is 14.4 Å². The lowest BCUT2D eigenvalue weighted by molar-refractivity contribution is -0.133. The Morgan fingerprint density at radius 1 is 1.33 bits per heavy atom. The van der Waals surface area contributed by atoms with E-state index >= 15 is 0 Å². The van der Waals surface area contributed by atoms with E-state index < -0.39 is 5.54 Å². The van der Waals surface area contributed by atoms with Gasteiger partial charge >= 0.3 is 6.03 Å². The Morgan fingerprint density at radius 3 is 2.54 bits per heavy atom. The van der Waals surface area contributed by atoms with Gasteiger partial charge in [0.1, 0.15) is 10.7 Å². The Labute approximate surface area is 145 Å². The van der Waals surface area contributed by atoms with Crippen LogP contribution in [0.4, 0.5) is 4.79 Å². The fraction of sp³-hybridized carbons (Fsp3) is 0.500. The molecule has 3 heterocycles. The molecule has 2 saturated heterocycles. The highest BCUT2D eigenvalue weighted by Crippen LogP contribution is 2.31. The first kappa shape index (κ1) is 16.7. The normalized spacial score (nSPS) is 20.0. The molecule has 0 aromatic carbocycles. The summed E-state index contributed by atoms with van der Waals surface area (Å²) in [6.07, 6.45) is 2.30. The number of urea groups is 1. The topological polar surface area (TPSA) is 82.6 Å². The second-order valence-corrected chi connectivity index (χ2v) is 6.83. The van der Waals surface area contributed by atoms with Crippen molar-refractivity contribution in [1.82, 2.24) is 20.1 Å². The third-order valence-electron chi connectivity index (χ3n) is 4.59. The number of halogens is 1. The van der Waals surface area contributed by atoms with E-state index in [1.165, 1.54) is 17.2 Å². The molecule has 4 amide bonds.